The second kappa shape index (κ2) is 2.69. The van der Waals surface area contributed by atoms with Gasteiger partial charge in [-0.1, -0.05) is 12.1 Å². The molecule has 1 aliphatic rings. The van der Waals surface area contributed by atoms with Gasteiger partial charge in [-0.3, -0.25) is 0 Å². The SMILES string of the molecule is CC1=[N+](C)c2cccc(C)c2C1C. The van der Waals surface area contributed by atoms with E-state index < -0.39 is 0 Å². The van der Waals surface area contributed by atoms with E-state index in [0.717, 1.165) is 0 Å². The molecule has 1 heteroatoms. The summed E-state index contributed by atoms with van der Waals surface area (Å²) in [5.74, 6) is 0.584. The highest BCUT2D eigenvalue weighted by Gasteiger charge is 2.31. The number of nitrogens with zero attached hydrogens (tertiary/aromatic N) is 1. The van der Waals surface area contributed by atoms with Gasteiger partial charge in [0.15, 0.2) is 5.71 Å². The first-order valence-corrected chi connectivity index (χ1v) is 4.79. The molecule has 0 N–H and O–H groups in total. The zero-order valence-corrected chi connectivity index (χ0v) is 8.76. The molecule has 1 atom stereocenters. The summed E-state index contributed by atoms with van der Waals surface area (Å²) in [5, 5.41) is 0. The van der Waals surface area contributed by atoms with Gasteiger partial charge in [0.25, 0.3) is 0 Å². The molecule has 0 saturated carbocycles. The molecule has 1 unspecified atom stereocenters. The van der Waals surface area contributed by atoms with E-state index in [4.69, 9.17) is 0 Å². The summed E-state index contributed by atoms with van der Waals surface area (Å²) in [6, 6.07) is 6.53. The first-order valence-electron chi connectivity index (χ1n) is 4.79. The molecule has 13 heavy (non-hydrogen) atoms. The highest BCUT2D eigenvalue weighted by Crippen LogP contribution is 2.35. The van der Waals surface area contributed by atoms with Gasteiger partial charge in [0.1, 0.15) is 7.05 Å². The van der Waals surface area contributed by atoms with E-state index >= 15 is 0 Å². The Labute approximate surface area is 79.7 Å². The van der Waals surface area contributed by atoms with E-state index in [9.17, 15) is 0 Å². The van der Waals surface area contributed by atoms with Crippen LogP contribution >= 0.6 is 0 Å². The molecule has 0 aliphatic carbocycles. The van der Waals surface area contributed by atoms with E-state index in [0.29, 0.717) is 5.92 Å². The predicted molar refractivity (Wildman–Crippen MR) is 56.1 cm³/mol. The van der Waals surface area contributed by atoms with Gasteiger partial charge < -0.3 is 0 Å². The third kappa shape index (κ3) is 1.03. The van der Waals surface area contributed by atoms with Crippen molar-refractivity contribution in [1.29, 1.82) is 0 Å². The first kappa shape index (κ1) is 8.49. The largest absolute Gasteiger partial charge is 0.209 e. The molecule has 0 radical (unpaired) electrons. The first-order chi connectivity index (χ1) is 6.13. The number of rotatable bonds is 0. The van der Waals surface area contributed by atoms with Crippen molar-refractivity contribution in [2.45, 2.75) is 26.7 Å². The van der Waals surface area contributed by atoms with Crippen molar-refractivity contribution in [2.24, 2.45) is 0 Å². The quantitative estimate of drug-likeness (QED) is 0.532. The van der Waals surface area contributed by atoms with Crippen molar-refractivity contribution in [3.8, 4) is 0 Å². The monoisotopic (exact) mass is 174 g/mol. The fourth-order valence-corrected chi connectivity index (χ4v) is 2.21. The van der Waals surface area contributed by atoms with Crippen molar-refractivity contribution in [3.05, 3.63) is 29.3 Å². The summed E-state index contributed by atoms with van der Waals surface area (Å²) in [6.07, 6.45) is 0. The van der Waals surface area contributed by atoms with E-state index in [1.165, 1.54) is 22.5 Å². The maximum Gasteiger partial charge on any atom is 0.209 e. The van der Waals surface area contributed by atoms with Crippen molar-refractivity contribution in [1.82, 2.24) is 0 Å². The Kier molecular flexibility index (Phi) is 1.76. The molecule has 1 aromatic carbocycles. The van der Waals surface area contributed by atoms with Crippen LogP contribution < -0.4 is 0 Å². The van der Waals surface area contributed by atoms with E-state index in [1.54, 1.807) is 0 Å². The minimum absolute atomic E-state index is 0.584. The molecule has 0 spiro atoms. The second-order valence-corrected chi connectivity index (χ2v) is 3.93. The van der Waals surface area contributed by atoms with E-state index in [-0.39, 0.29) is 0 Å². The van der Waals surface area contributed by atoms with E-state index in [1.807, 2.05) is 0 Å². The van der Waals surface area contributed by atoms with Crippen LogP contribution in [0.15, 0.2) is 18.2 Å². The maximum absolute atomic E-state index is 2.30. The minimum Gasteiger partial charge on any atom is -0.202 e. The molecule has 1 aliphatic heterocycles. The van der Waals surface area contributed by atoms with Crippen LogP contribution in [-0.2, 0) is 0 Å². The predicted octanol–water partition coefficient (Wildman–Crippen LogP) is 2.85. The molecule has 0 bridgehead atoms. The Morgan fingerprint density at radius 1 is 1.23 bits per heavy atom. The van der Waals surface area contributed by atoms with Gasteiger partial charge in [-0.25, -0.2) is 4.58 Å². The third-order valence-corrected chi connectivity index (χ3v) is 3.25. The van der Waals surface area contributed by atoms with E-state index in [2.05, 4.69) is 50.6 Å². The van der Waals surface area contributed by atoms with Crippen LogP contribution in [-0.4, -0.2) is 17.3 Å². The van der Waals surface area contributed by atoms with Crippen LogP contribution in [0.25, 0.3) is 0 Å². The van der Waals surface area contributed by atoms with Crippen LogP contribution in [0.3, 0.4) is 0 Å². The number of aryl methyl sites for hydroxylation is 1. The smallest absolute Gasteiger partial charge is 0.202 e. The van der Waals surface area contributed by atoms with Crippen LogP contribution in [0, 0.1) is 6.92 Å². The molecule has 0 aromatic heterocycles. The molecule has 0 saturated heterocycles. The molecular formula is C12H16N+. The maximum atomic E-state index is 2.30. The average molecular weight is 174 g/mol. The van der Waals surface area contributed by atoms with Gasteiger partial charge in [0, 0.05) is 18.6 Å². The van der Waals surface area contributed by atoms with Gasteiger partial charge >= 0.3 is 0 Å². The minimum atomic E-state index is 0.584. The van der Waals surface area contributed by atoms with Crippen molar-refractivity contribution < 1.29 is 4.58 Å². The topological polar surface area (TPSA) is 3.01 Å². The zero-order valence-electron chi connectivity index (χ0n) is 8.76. The van der Waals surface area contributed by atoms with Crippen molar-refractivity contribution >= 4 is 11.4 Å². The van der Waals surface area contributed by atoms with Gasteiger partial charge in [0.05, 0.1) is 5.92 Å². The normalized spacial score (nSPS) is 20.8. The van der Waals surface area contributed by atoms with Crippen LogP contribution in [0.1, 0.15) is 30.9 Å². The second-order valence-electron chi connectivity index (χ2n) is 3.93. The summed E-state index contributed by atoms with van der Waals surface area (Å²) in [5.41, 5.74) is 5.74. The fraction of sp³-hybridized carbons (Fsp3) is 0.417. The lowest BCUT2D eigenvalue weighted by molar-refractivity contribution is -0.402. The summed E-state index contributed by atoms with van der Waals surface area (Å²) in [7, 11) is 2.15. The molecule has 1 aromatic rings. The summed E-state index contributed by atoms with van der Waals surface area (Å²) in [6.45, 7) is 6.69. The Balaban J connectivity index is 2.70. The Bertz CT molecular complexity index is 388. The van der Waals surface area contributed by atoms with Crippen LogP contribution in [0.5, 0.6) is 0 Å². The lowest BCUT2D eigenvalue weighted by Gasteiger charge is -2.03. The molecule has 2 rings (SSSR count). The number of hydrogen-bond donors (Lipinski definition) is 0. The average Bonchev–Trinajstić information content (AvgIpc) is 2.33. The molecule has 1 heterocycles. The number of hydrogen-bond acceptors (Lipinski definition) is 0. The van der Waals surface area contributed by atoms with Crippen molar-refractivity contribution in [3.63, 3.8) is 0 Å². The number of benzene rings is 1. The lowest BCUT2D eigenvalue weighted by Crippen LogP contribution is -2.06. The third-order valence-electron chi connectivity index (χ3n) is 3.25. The summed E-state index contributed by atoms with van der Waals surface area (Å²) >= 11 is 0. The summed E-state index contributed by atoms with van der Waals surface area (Å²) < 4.78 is 2.30. The molecule has 0 amide bonds. The van der Waals surface area contributed by atoms with Crippen LogP contribution in [0.2, 0.25) is 0 Å². The molecule has 68 valence electrons. The Morgan fingerprint density at radius 2 is 1.92 bits per heavy atom. The highest BCUT2D eigenvalue weighted by atomic mass is 15.0. The lowest BCUT2D eigenvalue weighted by atomic mass is 9.95. The van der Waals surface area contributed by atoms with Gasteiger partial charge in [-0.05, 0) is 19.4 Å². The summed E-state index contributed by atoms with van der Waals surface area (Å²) in [4.78, 5) is 0. The molecular weight excluding hydrogens is 158 g/mol. The number of fused-ring (bicyclic) bond motifs is 1. The van der Waals surface area contributed by atoms with Gasteiger partial charge in [-0.15, -0.1) is 0 Å². The fourth-order valence-electron chi connectivity index (χ4n) is 2.21. The van der Waals surface area contributed by atoms with Gasteiger partial charge in [0.2, 0.25) is 5.69 Å². The van der Waals surface area contributed by atoms with Gasteiger partial charge in [-0.2, -0.15) is 0 Å². The van der Waals surface area contributed by atoms with Crippen LogP contribution in [0.4, 0.5) is 5.69 Å². The standard InChI is InChI=1S/C12H16N/c1-8-6-5-7-11-12(8)9(2)10(3)13(11)4/h5-7,9H,1-4H3/q+1. The Morgan fingerprint density at radius 3 is 2.54 bits per heavy atom. The highest BCUT2D eigenvalue weighted by molar-refractivity contribution is 5.89. The Hall–Kier alpha value is -1.11. The van der Waals surface area contributed by atoms with Crippen molar-refractivity contribution in [2.75, 3.05) is 7.05 Å². The molecule has 0 fully saturated rings. The zero-order chi connectivity index (χ0) is 9.59. The molecule has 1 nitrogen and oxygen atoms in total.